The molecule has 0 aromatic carbocycles. The van der Waals surface area contributed by atoms with Crippen LogP contribution in [0.1, 0.15) is 24.3 Å². The average Bonchev–Trinajstić information content (AvgIpc) is 2.46. The molecule has 114 valence electrons. The largest absolute Gasteiger partial charge is 0.489 e. The molecule has 1 atom stereocenters. The Morgan fingerprint density at radius 2 is 2.29 bits per heavy atom. The van der Waals surface area contributed by atoms with Gasteiger partial charge in [0.15, 0.2) is 17.5 Å². The van der Waals surface area contributed by atoms with Gasteiger partial charge in [-0.1, -0.05) is 0 Å². The minimum Gasteiger partial charge on any atom is -0.489 e. The van der Waals surface area contributed by atoms with Gasteiger partial charge in [-0.25, -0.2) is 9.78 Å². The van der Waals surface area contributed by atoms with E-state index in [9.17, 15) is 9.59 Å². The molecule has 0 aliphatic carbocycles. The second kappa shape index (κ2) is 6.53. The van der Waals surface area contributed by atoms with Crippen LogP contribution >= 0.6 is 0 Å². The first-order chi connectivity index (χ1) is 9.99. The van der Waals surface area contributed by atoms with Gasteiger partial charge in [0.25, 0.3) is 5.91 Å². The zero-order valence-electron chi connectivity index (χ0n) is 12.0. The average molecular weight is 294 g/mol. The van der Waals surface area contributed by atoms with Gasteiger partial charge < -0.3 is 19.5 Å². The minimum atomic E-state index is -1.08. The van der Waals surface area contributed by atoms with Gasteiger partial charge in [-0.05, 0) is 26.0 Å². The summed E-state index contributed by atoms with van der Waals surface area (Å²) in [6.45, 7) is 4.25. The van der Waals surface area contributed by atoms with Crippen LogP contribution in [0.5, 0.6) is 5.75 Å². The van der Waals surface area contributed by atoms with E-state index in [1.54, 1.807) is 12.1 Å². The van der Waals surface area contributed by atoms with E-state index in [-0.39, 0.29) is 30.9 Å². The second-order valence-corrected chi connectivity index (χ2v) is 4.97. The molecule has 0 saturated carbocycles. The lowest BCUT2D eigenvalue weighted by Gasteiger charge is -2.31. The molecule has 1 aromatic heterocycles. The number of hydrogen-bond donors (Lipinski definition) is 1. The molecule has 21 heavy (non-hydrogen) atoms. The number of ether oxygens (including phenoxy) is 2. The summed E-state index contributed by atoms with van der Waals surface area (Å²) in [7, 11) is 0. The van der Waals surface area contributed by atoms with Gasteiger partial charge in [0.05, 0.1) is 19.3 Å². The van der Waals surface area contributed by atoms with Crippen molar-refractivity contribution in [2.45, 2.75) is 26.1 Å². The Morgan fingerprint density at radius 3 is 2.95 bits per heavy atom. The van der Waals surface area contributed by atoms with Gasteiger partial charge in [-0.3, -0.25) is 4.79 Å². The highest BCUT2D eigenvalue weighted by molar-refractivity contribution is 5.95. The number of aliphatic carboxylic acids is 1. The molecule has 7 nitrogen and oxygen atoms in total. The second-order valence-electron chi connectivity index (χ2n) is 4.97. The van der Waals surface area contributed by atoms with E-state index in [2.05, 4.69) is 4.98 Å². The maximum atomic E-state index is 12.5. The lowest BCUT2D eigenvalue weighted by Crippen LogP contribution is -2.48. The van der Waals surface area contributed by atoms with Crippen molar-refractivity contribution in [3.05, 3.63) is 24.0 Å². The van der Waals surface area contributed by atoms with Gasteiger partial charge in [0, 0.05) is 12.7 Å². The fourth-order valence-corrected chi connectivity index (χ4v) is 2.03. The van der Waals surface area contributed by atoms with Crippen LogP contribution < -0.4 is 4.74 Å². The molecule has 0 unspecified atom stereocenters. The molecule has 2 heterocycles. The number of hydrogen-bond acceptors (Lipinski definition) is 5. The molecule has 1 aromatic rings. The summed E-state index contributed by atoms with van der Waals surface area (Å²) < 4.78 is 10.7. The predicted molar refractivity (Wildman–Crippen MR) is 73.3 cm³/mol. The Bertz CT molecular complexity index is 532. The first-order valence-electron chi connectivity index (χ1n) is 6.74. The Labute approximate surface area is 122 Å². The van der Waals surface area contributed by atoms with E-state index >= 15 is 0 Å². The molecule has 0 spiro atoms. The summed E-state index contributed by atoms with van der Waals surface area (Å²) in [5.41, 5.74) is 0.192. The highest BCUT2D eigenvalue weighted by Crippen LogP contribution is 2.20. The molecule has 1 fully saturated rings. The molecular formula is C14H18N2O5. The highest BCUT2D eigenvalue weighted by atomic mass is 16.5. The summed E-state index contributed by atoms with van der Waals surface area (Å²) in [5, 5.41) is 8.98. The number of aromatic nitrogens is 1. The number of morpholine rings is 1. The van der Waals surface area contributed by atoms with E-state index < -0.39 is 12.1 Å². The standard InChI is InChI=1S/C14H18N2O5/c1-9(2)21-10-4-3-5-15-12(10)13(17)16-6-7-20-11(8-16)14(18)19/h3-5,9,11H,6-8H2,1-2H3,(H,18,19)/t11-/m1/s1. The molecule has 0 radical (unpaired) electrons. The fraction of sp³-hybridized carbons (Fsp3) is 0.500. The van der Waals surface area contributed by atoms with Crippen molar-refractivity contribution >= 4 is 11.9 Å². The van der Waals surface area contributed by atoms with Gasteiger partial charge in [0.2, 0.25) is 0 Å². The summed E-state index contributed by atoms with van der Waals surface area (Å²) in [5.74, 6) is -1.02. The zero-order valence-corrected chi connectivity index (χ0v) is 12.0. The van der Waals surface area contributed by atoms with Crippen molar-refractivity contribution < 1.29 is 24.2 Å². The molecule has 0 bridgehead atoms. The van der Waals surface area contributed by atoms with Crippen molar-refractivity contribution in [1.29, 1.82) is 0 Å². The van der Waals surface area contributed by atoms with Gasteiger partial charge >= 0.3 is 5.97 Å². The van der Waals surface area contributed by atoms with Gasteiger partial charge in [-0.15, -0.1) is 0 Å². The maximum absolute atomic E-state index is 12.5. The quantitative estimate of drug-likeness (QED) is 0.883. The maximum Gasteiger partial charge on any atom is 0.334 e. The number of amides is 1. The highest BCUT2D eigenvalue weighted by Gasteiger charge is 2.31. The lowest BCUT2D eigenvalue weighted by molar-refractivity contribution is -0.154. The third kappa shape index (κ3) is 3.69. The normalized spacial score (nSPS) is 18.6. The fourth-order valence-electron chi connectivity index (χ4n) is 2.03. The van der Waals surface area contributed by atoms with E-state index in [0.717, 1.165) is 0 Å². The summed E-state index contributed by atoms with van der Waals surface area (Å²) in [6.07, 6.45) is 0.424. The summed E-state index contributed by atoms with van der Waals surface area (Å²) >= 11 is 0. The van der Waals surface area contributed by atoms with Crippen LogP contribution in [0.25, 0.3) is 0 Å². The molecule has 1 aliphatic heterocycles. The number of carbonyl (C=O) groups excluding carboxylic acids is 1. The first-order valence-corrected chi connectivity index (χ1v) is 6.74. The Morgan fingerprint density at radius 1 is 1.52 bits per heavy atom. The van der Waals surface area contributed by atoms with Crippen molar-refractivity contribution in [3.63, 3.8) is 0 Å². The van der Waals surface area contributed by atoms with Crippen LogP contribution in [0.2, 0.25) is 0 Å². The molecule has 1 amide bonds. The molecule has 1 saturated heterocycles. The molecule has 2 rings (SSSR count). The Balaban J connectivity index is 2.18. The number of rotatable bonds is 4. The van der Waals surface area contributed by atoms with Gasteiger partial charge in [0.1, 0.15) is 0 Å². The van der Waals surface area contributed by atoms with E-state index in [0.29, 0.717) is 12.3 Å². The summed E-state index contributed by atoms with van der Waals surface area (Å²) in [6, 6.07) is 3.36. The number of carboxylic acids is 1. The topological polar surface area (TPSA) is 89.0 Å². The number of carbonyl (C=O) groups is 2. The third-order valence-corrected chi connectivity index (χ3v) is 2.97. The van der Waals surface area contributed by atoms with Crippen LogP contribution in [0.3, 0.4) is 0 Å². The minimum absolute atomic E-state index is 0.00581. The molecular weight excluding hydrogens is 276 g/mol. The molecule has 7 heteroatoms. The lowest BCUT2D eigenvalue weighted by atomic mass is 10.2. The van der Waals surface area contributed by atoms with Crippen LogP contribution in [0.4, 0.5) is 0 Å². The molecule has 1 aliphatic rings. The van der Waals surface area contributed by atoms with Crippen molar-refractivity contribution in [2.24, 2.45) is 0 Å². The van der Waals surface area contributed by atoms with E-state index in [1.165, 1.54) is 11.1 Å². The Hall–Kier alpha value is -2.15. The van der Waals surface area contributed by atoms with E-state index in [1.807, 2.05) is 13.8 Å². The monoisotopic (exact) mass is 294 g/mol. The first kappa shape index (κ1) is 15.2. The number of carboxylic acid groups (broad SMARTS) is 1. The van der Waals surface area contributed by atoms with Crippen LogP contribution in [-0.4, -0.2) is 58.8 Å². The third-order valence-electron chi connectivity index (χ3n) is 2.97. The summed E-state index contributed by atoms with van der Waals surface area (Å²) in [4.78, 5) is 29.0. The van der Waals surface area contributed by atoms with Crippen molar-refractivity contribution in [1.82, 2.24) is 9.88 Å². The van der Waals surface area contributed by atoms with Crippen LogP contribution in [-0.2, 0) is 9.53 Å². The Kier molecular flexibility index (Phi) is 4.74. The smallest absolute Gasteiger partial charge is 0.334 e. The van der Waals surface area contributed by atoms with Crippen LogP contribution in [0, 0.1) is 0 Å². The predicted octanol–water partition coefficient (Wildman–Crippen LogP) is 0.794. The number of nitrogens with zero attached hydrogens (tertiary/aromatic N) is 2. The number of pyridine rings is 1. The van der Waals surface area contributed by atoms with Crippen molar-refractivity contribution in [3.8, 4) is 5.75 Å². The van der Waals surface area contributed by atoms with E-state index in [4.69, 9.17) is 14.6 Å². The SMILES string of the molecule is CC(C)Oc1cccnc1C(=O)N1CCO[C@@H](C(=O)O)C1. The molecule has 1 N–H and O–H groups in total. The van der Waals surface area contributed by atoms with Gasteiger partial charge in [-0.2, -0.15) is 0 Å². The zero-order chi connectivity index (χ0) is 15.4. The van der Waals surface area contributed by atoms with Crippen molar-refractivity contribution in [2.75, 3.05) is 19.7 Å². The van der Waals surface area contributed by atoms with Crippen LogP contribution in [0.15, 0.2) is 18.3 Å².